The number of hydrogen-bond acceptors (Lipinski definition) is 4. The zero-order valence-corrected chi connectivity index (χ0v) is 11.1. The first-order chi connectivity index (χ1) is 9.19. The van der Waals surface area contributed by atoms with E-state index in [1.165, 1.54) is 0 Å². The van der Waals surface area contributed by atoms with Gasteiger partial charge in [0.05, 0.1) is 6.61 Å². The van der Waals surface area contributed by atoms with E-state index in [4.69, 9.17) is 13.9 Å². The summed E-state index contributed by atoms with van der Waals surface area (Å²) >= 11 is 0. The van der Waals surface area contributed by atoms with Gasteiger partial charge in [0.15, 0.2) is 17.1 Å². The number of carbonyl (C=O) groups is 1. The van der Waals surface area contributed by atoms with Crippen LogP contribution in [0.4, 0.5) is 0 Å². The summed E-state index contributed by atoms with van der Waals surface area (Å²) in [6, 6.07) is 5.51. The monoisotopic (exact) mass is 260 g/mol. The van der Waals surface area contributed by atoms with Gasteiger partial charge in [0.1, 0.15) is 18.5 Å². The largest absolute Gasteiger partial charge is 0.487 e. The van der Waals surface area contributed by atoms with Crippen molar-refractivity contribution < 1.29 is 18.7 Å². The third kappa shape index (κ3) is 2.36. The minimum Gasteiger partial charge on any atom is -0.487 e. The zero-order valence-electron chi connectivity index (χ0n) is 11.1. The summed E-state index contributed by atoms with van der Waals surface area (Å²) in [5.41, 5.74) is 1.33. The van der Waals surface area contributed by atoms with Crippen LogP contribution in [0.25, 0.3) is 11.0 Å². The molecule has 0 saturated carbocycles. The van der Waals surface area contributed by atoms with Gasteiger partial charge in [0.25, 0.3) is 0 Å². The molecule has 1 aliphatic rings. The molecule has 4 heteroatoms. The van der Waals surface area contributed by atoms with Crippen molar-refractivity contribution >= 4 is 16.8 Å². The summed E-state index contributed by atoms with van der Waals surface area (Å²) in [6.45, 7) is 4.86. The molecular formula is C15H16O4. The maximum Gasteiger partial charge on any atom is 0.176 e. The van der Waals surface area contributed by atoms with Crippen molar-refractivity contribution in [2.24, 2.45) is 0 Å². The summed E-state index contributed by atoms with van der Waals surface area (Å²) in [6.07, 6.45) is 0.986. The van der Waals surface area contributed by atoms with E-state index in [-0.39, 0.29) is 11.9 Å². The number of Topliss-reactive ketones (excluding diaryl/α,β-unsaturated/α-hetero) is 1. The molecule has 1 fully saturated rings. The van der Waals surface area contributed by atoms with Crippen LogP contribution in [-0.2, 0) is 11.2 Å². The second-order valence-electron chi connectivity index (χ2n) is 4.74. The fourth-order valence-electron chi connectivity index (χ4n) is 2.09. The molecule has 19 heavy (non-hydrogen) atoms. The zero-order chi connectivity index (χ0) is 13.4. The minimum absolute atomic E-state index is 0.0329. The highest BCUT2D eigenvalue weighted by atomic mass is 16.6. The van der Waals surface area contributed by atoms with Crippen LogP contribution in [0.5, 0.6) is 5.75 Å². The number of ether oxygens (including phenoxy) is 2. The lowest BCUT2D eigenvalue weighted by atomic mass is 10.1. The Labute approximate surface area is 111 Å². The van der Waals surface area contributed by atoms with Crippen LogP contribution in [0.15, 0.2) is 22.6 Å². The first-order valence-corrected chi connectivity index (χ1v) is 6.49. The van der Waals surface area contributed by atoms with Crippen molar-refractivity contribution in [3.8, 4) is 5.75 Å². The molecule has 100 valence electrons. The molecule has 1 unspecified atom stereocenters. The van der Waals surface area contributed by atoms with Gasteiger partial charge in [0.2, 0.25) is 0 Å². The Bertz CT molecular complexity index is 622. The van der Waals surface area contributed by atoms with Gasteiger partial charge >= 0.3 is 0 Å². The third-order valence-corrected chi connectivity index (χ3v) is 3.25. The lowest BCUT2D eigenvalue weighted by molar-refractivity contribution is 0.101. The lowest BCUT2D eigenvalue weighted by Gasteiger charge is -2.06. The molecule has 0 aliphatic carbocycles. The smallest absolute Gasteiger partial charge is 0.176 e. The van der Waals surface area contributed by atoms with E-state index in [2.05, 4.69) is 0 Å². The Balaban J connectivity index is 2.04. The summed E-state index contributed by atoms with van der Waals surface area (Å²) < 4.78 is 16.6. The van der Waals surface area contributed by atoms with E-state index in [1.54, 1.807) is 19.1 Å². The Kier molecular flexibility index (Phi) is 3.03. The number of fused-ring (bicyclic) bond motifs is 1. The molecule has 0 radical (unpaired) electrons. The number of epoxide rings is 1. The first-order valence-electron chi connectivity index (χ1n) is 6.49. The molecule has 0 N–H and O–H groups in total. The van der Waals surface area contributed by atoms with Crippen molar-refractivity contribution in [3.63, 3.8) is 0 Å². The third-order valence-electron chi connectivity index (χ3n) is 3.25. The minimum atomic E-state index is 0.0329. The Hall–Kier alpha value is -1.81. The predicted molar refractivity (Wildman–Crippen MR) is 70.8 cm³/mol. The van der Waals surface area contributed by atoms with Gasteiger partial charge in [-0.2, -0.15) is 0 Å². The van der Waals surface area contributed by atoms with Crippen LogP contribution in [0.1, 0.15) is 30.0 Å². The number of benzene rings is 1. The Morgan fingerprint density at radius 3 is 2.89 bits per heavy atom. The fourth-order valence-corrected chi connectivity index (χ4v) is 2.09. The molecule has 1 aromatic carbocycles. The standard InChI is InChI=1S/C15H16O4/c1-3-10-6-13-12(9(2)16)4-5-14(15(13)19-10)18-8-11-7-17-11/h4-6,11H,3,7-8H2,1-2H3. The molecule has 1 atom stereocenters. The maximum absolute atomic E-state index is 11.6. The number of carbonyl (C=O) groups excluding carboxylic acids is 1. The SMILES string of the molecule is CCc1cc2c(C(C)=O)ccc(OCC3CO3)c2o1. The molecule has 2 aromatic rings. The van der Waals surface area contributed by atoms with Crippen LogP contribution < -0.4 is 4.74 Å². The normalized spacial score (nSPS) is 17.7. The van der Waals surface area contributed by atoms with E-state index < -0.39 is 0 Å². The van der Waals surface area contributed by atoms with Gasteiger partial charge in [-0.1, -0.05) is 6.92 Å². The van der Waals surface area contributed by atoms with Gasteiger partial charge in [-0.25, -0.2) is 0 Å². The first kappa shape index (κ1) is 12.2. The number of rotatable bonds is 5. The van der Waals surface area contributed by atoms with E-state index >= 15 is 0 Å². The molecule has 0 amide bonds. The van der Waals surface area contributed by atoms with Crippen LogP contribution in [0.2, 0.25) is 0 Å². The second-order valence-corrected chi connectivity index (χ2v) is 4.74. The van der Waals surface area contributed by atoms with Crippen LogP contribution in [-0.4, -0.2) is 25.1 Å². The van der Waals surface area contributed by atoms with E-state index in [1.807, 2.05) is 13.0 Å². The average molecular weight is 260 g/mol. The number of hydrogen-bond donors (Lipinski definition) is 0. The van der Waals surface area contributed by atoms with Gasteiger partial charge < -0.3 is 13.9 Å². The average Bonchev–Trinajstić information content (AvgIpc) is 3.12. The van der Waals surface area contributed by atoms with Crippen molar-refractivity contribution in [2.45, 2.75) is 26.4 Å². The number of furan rings is 1. The predicted octanol–water partition coefficient (Wildman–Crippen LogP) is 2.98. The molecule has 0 spiro atoms. The summed E-state index contributed by atoms with van der Waals surface area (Å²) in [5.74, 6) is 1.57. The topological polar surface area (TPSA) is 52.0 Å². The van der Waals surface area contributed by atoms with E-state index in [9.17, 15) is 4.79 Å². The molecule has 3 rings (SSSR count). The van der Waals surface area contributed by atoms with Crippen molar-refractivity contribution in [1.29, 1.82) is 0 Å². The van der Waals surface area contributed by atoms with Gasteiger partial charge in [-0.3, -0.25) is 4.79 Å². The highest BCUT2D eigenvalue weighted by molar-refractivity contribution is 6.07. The molecule has 2 heterocycles. The van der Waals surface area contributed by atoms with E-state index in [0.717, 1.165) is 24.2 Å². The van der Waals surface area contributed by atoms with Crippen LogP contribution in [0.3, 0.4) is 0 Å². The van der Waals surface area contributed by atoms with Crippen molar-refractivity contribution in [3.05, 3.63) is 29.5 Å². The van der Waals surface area contributed by atoms with Gasteiger partial charge in [0, 0.05) is 17.4 Å². The molecular weight excluding hydrogens is 244 g/mol. The van der Waals surface area contributed by atoms with E-state index in [0.29, 0.717) is 23.5 Å². The maximum atomic E-state index is 11.6. The molecule has 0 bridgehead atoms. The Morgan fingerprint density at radius 2 is 2.26 bits per heavy atom. The van der Waals surface area contributed by atoms with Crippen molar-refractivity contribution in [1.82, 2.24) is 0 Å². The fraction of sp³-hybridized carbons (Fsp3) is 0.400. The molecule has 1 aromatic heterocycles. The summed E-state index contributed by atoms with van der Waals surface area (Å²) in [7, 11) is 0. The molecule has 1 aliphatic heterocycles. The second kappa shape index (κ2) is 4.70. The summed E-state index contributed by atoms with van der Waals surface area (Å²) in [5, 5.41) is 0.832. The quantitative estimate of drug-likeness (QED) is 0.612. The Morgan fingerprint density at radius 1 is 1.47 bits per heavy atom. The number of aryl methyl sites for hydroxylation is 1. The van der Waals surface area contributed by atoms with Gasteiger partial charge in [-0.15, -0.1) is 0 Å². The number of ketones is 1. The van der Waals surface area contributed by atoms with Crippen LogP contribution >= 0.6 is 0 Å². The van der Waals surface area contributed by atoms with Crippen molar-refractivity contribution in [2.75, 3.05) is 13.2 Å². The van der Waals surface area contributed by atoms with Crippen LogP contribution in [0, 0.1) is 0 Å². The molecule has 1 saturated heterocycles. The lowest BCUT2D eigenvalue weighted by Crippen LogP contribution is -2.04. The summed E-state index contributed by atoms with van der Waals surface area (Å²) in [4.78, 5) is 11.6. The highest BCUT2D eigenvalue weighted by Gasteiger charge is 2.24. The molecule has 4 nitrogen and oxygen atoms in total. The van der Waals surface area contributed by atoms with Gasteiger partial charge in [-0.05, 0) is 25.1 Å². The highest BCUT2D eigenvalue weighted by Crippen LogP contribution is 2.32.